The van der Waals surface area contributed by atoms with Crippen LogP contribution in [0.15, 0.2) is 34.9 Å². The molecular weight excluding hydrogens is 258 g/mol. The minimum absolute atomic E-state index is 0.148. The molecule has 0 spiro atoms. The molecule has 104 valence electrons. The van der Waals surface area contributed by atoms with Gasteiger partial charge in [-0.25, -0.2) is 0 Å². The van der Waals surface area contributed by atoms with E-state index in [4.69, 9.17) is 10.3 Å². The minimum atomic E-state index is -0.702. The summed E-state index contributed by atoms with van der Waals surface area (Å²) in [4.78, 5) is 19.2. The summed E-state index contributed by atoms with van der Waals surface area (Å²) < 4.78 is 4.80. The Labute approximate surface area is 116 Å². The molecule has 2 heterocycles. The lowest BCUT2D eigenvalue weighted by Gasteiger charge is -2.35. The number of nitrogens with two attached hydrogens (primary N) is 1. The van der Waals surface area contributed by atoms with Crippen LogP contribution in [0.5, 0.6) is 0 Å². The molecule has 1 amide bonds. The summed E-state index contributed by atoms with van der Waals surface area (Å²) in [5.74, 6) is -0.427. The number of primary amides is 1. The van der Waals surface area contributed by atoms with Crippen LogP contribution in [-0.2, 0) is 0 Å². The van der Waals surface area contributed by atoms with Gasteiger partial charge in [-0.2, -0.15) is 4.98 Å². The van der Waals surface area contributed by atoms with Crippen molar-refractivity contribution in [1.29, 1.82) is 0 Å². The van der Waals surface area contributed by atoms with Gasteiger partial charge in [-0.1, -0.05) is 18.2 Å². The average Bonchev–Trinajstić information content (AvgIpc) is 2.98. The van der Waals surface area contributed by atoms with Crippen LogP contribution in [0.1, 0.15) is 10.7 Å². The molecule has 0 radical (unpaired) electrons. The van der Waals surface area contributed by atoms with Crippen molar-refractivity contribution in [2.45, 2.75) is 0 Å². The third-order valence-electron chi connectivity index (χ3n) is 3.31. The summed E-state index contributed by atoms with van der Waals surface area (Å²) in [6.07, 6.45) is 0. The predicted molar refractivity (Wildman–Crippen MR) is 73.7 cm³/mol. The number of amides is 1. The van der Waals surface area contributed by atoms with E-state index in [2.05, 4.69) is 27.2 Å². The molecule has 2 N–H and O–H groups in total. The molecule has 0 aliphatic carbocycles. The lowest BCUT2D eigenvalue weighted by atomic mass is 10.2. The summed E-state index contributed by atoms with van der Waals surface area (Å²) in [6.45, 7) is 3.27. The van der Waals surface area contributed by atoms with Crippen molar-refractivity contribution in [1.82, 2.24) is 10.1 Å². The van der Waals surface area contributed by atoms with Crippen molar-refractivity contribution in [3.8, 4) is 0 Å². The van der Waals surface area contributed by atoms with Crippen molar-refractivity contribution < 1.29 is 9.32 Å². The van der Waals surface area contributed by atoms with E-state index in [0.29, 0.717) is 5.95 Å². The highest BCUT2D eigenvalue weighted by Crippen LogP contribution is 2.18. The van der Waals surface area contributed by atoms with Gasteiger partial charge in [0.15, 0.2) is 0 Å². The molecule has 1 aliphatic rings. The zero-order valence-electron chi connectivity index (χ0n) is 10.9. The first-order valence-corrected chi connectivity index (χ1v) is 6.42. The van der Waals surface area contributed by atoms with Gasteiger partial charge in [0, 0.05) is 31.9 Å². The Morgan fingerprint density at radius 3 is 2.35 bits per heavy atom. The summed E-state index contributed by atoms with van der Waals surface area (Å²) in [5, 5.41) is 3.78. The predicted octanol–water partition coefficient (Wildman–Crippen LogP) is 0.495. The van der Waals surface area contributed by atoms with Gasteiger partial charge in [0.2, 0.25) is 0 Å². The average molecular weight is 273 g/mol. The Morgan fingerprint density at radius 1 is 1.10 bits per heavy atom. The topological polar surface area (TPSA) is 88.5 Å². The van der Waals surface area contributed by atoms with Crippen LogP contribution >= 0.6 is 0 Å². The lowest BCUT2D eigenvalue weighted by Crippen LogP contribution is -2.47. The smallest absolute Gasteiger partial charge is 0.317 e. The number of carbonyl (C=O) groups excluding carboxylic acids is 1. The molecule has 0 atom stereocenters. The highest BCUT2D eigenvalue weighted by Gasteiger charge is 2.22. The third kappa shape index (κ3) is 2.42. The van der Waals surface area contributed by atoms with Gasteiger partial charge in [-0.3, -0.25) is 4.79 Å². The minimum Gasteiger partial charge on any atom is -0.368 e. The number of hydrogen-bond acceptors (Lipinski definition) is 6. The van der Waals surface area contributed by atoms with Gasteiger partial charge < -0.3 is 20.1 Å². The Bertz CT molecular complexity index is 590. The van der Waals surface area contributed by atoms with Crippen molar-refractivity contribution in [2.75, 3.05) is 36.0 Å². The van der Waals surface area contributed by atoms with Gasteiger partial charge in [0.1, 0.15) is 0 Å². The maximum Gasteiger partial charge on any atom is 0.317 e. The fourth-order valence-electron chi connectivity index (χ4n) is 2.25. The fraction of sp³-hybridized carbons (Fsp3) is 0.308. The molecule has 7 heteroatoms. The molecule has 0 bridgehead atoms. The Hall–Kier alpha value is -2.57. The summed E-state index contributed by atoms with van der Waals surface area (Å²) >= 11 is 0. The van der Waals surface area contributed by atoms with Gasteiger partial charge in [0.05, 0.1) is 0 Å². The second-order valence-corrected chi connectivity index (χ2v) is 4.57. The first kappa shape index (κ1) is 12.5. The van der Waals surface area contributed by atoms with Gasteiger partial charge in [-0.15, -0.1) is 0 Å². The second kappa shape index (κ2) is 5.20. The number of hydrogen-bond donors (Lipinski definition) is 1. The molecule has 1 aliphatic heterocycles. The summed E-state index contributed by atoms with van der Waals surface area (Å²) in [6, 6.07) is 10.2. The van der Waals surface area contributed by atoms with Gasteiger partial charge in [0.25, 0.3) is 5.95 Å². The molecule has 1 fully saturated rings. The van der Waals surface area contributed by atoms with Gasteiger partial charge >= 0.3 is 11.8 Å². The number of nitrogens with zero attached hydrogens (tertiary/aromatic N) is 4. The van der Waals surface area contributed by atoms with Crippen LogP contribution in [0, 0.1) is 0 Å². The van der Waals surface area contributed by atoms with Crippen molar-refractivity contribution in [3.63, 3.8) is 0 Å². The fourth-order valence-corrected chi connectivity index (χ4v) is 2.25. The standard InChI is InChI=1S/C13H15N5O2/c14-11(19)12-15-13(16-20-12)18-8-6-17(7-9-18)10-4-2-1-3-5-10/h1-5H,6-9H2,(H2,14,19). The highest BCUT2D eigenvalue weighted by molar-refractivity contribution is 5.88. The van der Waals surface area contributed by atoms with Crippen LogP contribution < -0.4 is 15.5 Å². The zero-order valence-corrected chi connectivity index (χ0v) is 10.9. The van der Waals surface area contributed by atoms with E-state index in [1.54, 1.807) is 0 Å². The third-order valence-corrected chi connectivity index (χ3v) is 3.31. The molecular formula is C13H15N5O2. The number of para-hydroxylation sites is 1. The number of aromatic nitrogens is 2. The number of carbonyl (C=O) groups is 1. The largest absolute Gasteiger partial charge is 0.368 e. The molecule has 1 aromatic heterocycles. The Kier molecular flexibility index (Phi) is 3.24. The van der Waals surface area contributed by atoms with E-state index in [1.807, 2.05) is 23.1 Å². The SMILES string of the molecule is NC(=O)c1nc(N2CCN(c3ccccc3)CC2)no1. The molecule has 1 aromatic carbocycles. The number of anilines is 2. The molecule has 20 heavy (non-hydrogen) atoms. The normalized spacial score (nSPS) is 15.4. The highest BCUT2D eigenvalue weighted by atomic mass is 16.5. The van der Waals surface area contributed by atoms with E-state index in [-0.39, 0.29) is 5.89 Å². The number of benzene rings is 1. The number of piperazine rings is 1. The molecule has 7 nitrogen and oxygen atoms in total. The second-order valence-electron chi connectivity index (χ2n) is 4.57. The first-order valence-electron chi connectivity index (χ1n) is 6.42. The number of rotatable bonds is 3. The lowest BCUT2D eigenvalue weighted by molar-refractivity contribution is 0.0958. The molecule has 1 saturated heterocycles. The van der Waals surface area contributed by atoms with Gasteiger partial charge in [-0.05, 0) is 17.3 Å². The molecule has 0 saturated carbocycles. The zero-order chi connectivity index (χ0) is 13.9. The van der Waals surface area contributed by atoms with E-state index in [0.717, 1.165) is 26.2 Å². The maximum absolute atomic E-state index is 10.9. The van der Waals surface area contributed by atoms with E-state index in [1.165, 1.54) is 5.69 Å². The molecule has 0 unspecified atom stereocenters. The maximum atomic E-state index is 10.9. The van der Waals surface area contributed by atoms with E-state index in [9.17, 15) is 4.79 Å². The van der Waals surface area contributed by atoms with Crippen LogP contribution in [0.25, 0.3) is 0 Å². The summed E-state index contributed by atoms with van der Waals surface area (Å²) in [5.41, 5.74) is 6.30. The van der Waals surface area contributed by atoms with Crippen LogP contribution in [-0.4, -0.2) is 42.2 Å². The van der Waals surface area contributed by atoms with E-state index < -0.39 is 5.91 Å². The monoisotopic (exact) mass is 273 g/mol. The molecule has 2 aromatic rings. The quantitative estimate of drug-likeness (QED) is 0.875. The van der Waals surface area contributed by atoms with E-state index >= 15 is 0 Å². The van der Waals surface area contributed by atoms with Crippen LogP contribution in [0.2, 0.25) is 0 Å². The first-order chi connectivity index (χ1) is 9.74. The van der Waals surface area contributed by atoms with Crippen molar-refractivity contribution in [3.05, 3.63) is 36.2 Å². The summed E-state index contributed by atoms with van der Waals surface area (Å²) in [7, 11) is 0. The Morgan fingerprint density at radius 2 is 1.75 bits per heavy atom. The van der Waals surface area contributed by atoms with Crippen molar-refractivity contribution >= 4 is 17.5 Å². The van der Waals surface area contributed by atoms with Crippen LogP contribution in [0.3, 0.4) is 0 Å². The molecule has 3 rings (SSSR count). The van der Waals surface area contributed by atoms with Crippen LogP contribution in [0.4, 0.5) is 11.6 Å². The van der Waals surface area contributed by atoms with Crippen molar-refractivity contribution in [2.24, 2.45) is 5.73 Å². The Balaban J connectivity index is 1.65.